The zero-order chi connectivity index (χ0) is 15.7. The van der Waals surface area contributed by atoms with Gasteiger partial charge in [0.15, 0.2) is 0 Å². The van der Waals surface area contributed by atoms with Gasteiger partial charge in [0.2, 0.25) is 0 Å². The summed E-state index contributed by atoms with van der Waals surface area (Å²) in [5.74, 6) is -0.630. The van der Waals surface area contributed by atoms with Crippen LogP contribution in [0.3, 0.4) is 0 Å². The summed E-state index contributed by atoms with van der Waals surface area (Å²) in [5, 5.41) is 18.8. The maximum Gasteiger partial charge on any atom is 0.416 e. The highest BCUT2D eigenvalue weighted by atomic mass is 35.5. The van der Waals surface area contributed by atoms with Crippen LogP contribution in [0, 0.1) is 0 Å². The van der Waals surface area contributed by atoms with Crippen molar-refractivity contribution in [3.05, 3.63) is 34.9 Å². The molecule has 0 aliphatic carbocycles. The molecule has 1 aromatic rings. The van der Waals surface area contributed by atoms with Gasteiger partial charge in [-0.1, -0.05) is 0 Å². The second kappa shape index (κ2) is 5.79. The first-order valence-electron chi connectivity index (χ1n) is 5.19. The maximum atomic E-state index is 12.7. The van der Waals surface area contributed by atoms with Gasteiger partial charge in [-0.2, -0.15) is 26.3 Å². The summed E-state index contributed by atoms with van der Waals surface area (Å²) in [6, 6.07) is 0.623. The average Bonchev–Trinajstić information content (AvgIpc) is 2.34. The van der Waals surface area contributed by atoms with Crippen LogP contribution in [0.5, 0.6) is 0 Å². The molecule has 0 heterocycles. The van der Waals surface area contributed by atoms with Crippen molar-refractivity contribution in [3.63, 3.8) is 0 Å². The Morgan fingerprint density at radius 2 is 1.55 bits per heavy atom. The molecular weight excluding hydrogens is 314 g/mol. The Morgan fingerprint density at radius 3 is 1.95 bits per heavy atom. The minimum Gasteiger partial charge on any atom is -0.389 e. The summed E-state index contributed by atoms with van der Waals surface area (Å²) in [7, 11) is 0. The van der Waals surface area contributed by atoms with Gasteiger partial charge in [-0.25, -0.2) is 0 Å². The zero-order valence-corrected chi connectivity index (χ0v) is 10.4. The van der Waals surface area contributed by atoms with E-state index in [1.165, 1.54) is 0 Å². The molecule has 0 bridgehead atoms. The molecule has 0 aliphatic rings. The summed E-state index contributed by atoms with van der Waals surface area (Å²) in [6.07, 6.45) is -13.8. The zero-order valence-electron chi connectivity index (χ0n) is 9.63. The Bertz CT molecular complexity index is 471. The third kappa shape index (κ3) is 3.77. The van der Waals surface area contributed by atoms with Gasteiger partial charge in [-0.15, -0.1) is 11.6 Å². The van der Waals surface area contributed by atoms with Gasteiger partial charge in [0, 0.05) is 0 Å². The summed E-state index contributed by atoms with van der Waals surface area (Å²) < 4.78 is 75.6. The Labute approximate surface area is 114 Å². The molecule has 0 saturated heterocycles. The van der Waals surface area contributed by atoms with Crippen LogP contribution in [-0.2, 0) is 12.4 Å². The molecule has 2 atom stereocenters. The van der Waals surface area contributed by atoms with Crippen LogP contribution in [0.15, 0.2) is 18.2 Å². The highest BCUT2D eigenvalue weighted by Gasteiger charge is 2.39. The lowest BCUT2D eigenvalue weighted by Gasteiger charge is -2.22. The SMILES string of the molecule is OC(CCl)C(O)c1cc(C(F)(F)F)ccc1C(F)(F)F. The van der Waals surface area contributed by atoms with Crippen molar-refractivity contribution in [2.45, 2.75) is 24.6 Å². The van der Waals surface area contributed by atoms with Crippen LogP contribution in [-0.4, -0.2) is 22.2 Å². The average molecular weight is 323 g/mol. The van der Waals surface area contributed by atoms with E-state index in [9.17, 15) is 36.6 Å². The number of rotatable bonds is 3. The van der Waals surface area contributed by atoms with Gasteiger partial charge in [0.1, 0.15) is 6.10 Å². The standard InChI is InChI=1S/C11H9ClF6O2/c12-4-8(19)9(20)6-3-5(10(13,14)15)1-2-7(6)11(16,17)18/h1-3,8-9,19-20H,4H2. The molecule has 114 valence electrons. The van der Waals surface area contributed by atoms with E-state index in [0.29, 0.717) is 0 Å². The molecule has 0 radical (unpaired) electrons. The predicted octanol–water partition coefficient (Wildman–Crippen LogP) is 3.36. The second-order valence-corrected chi connectivity index (χ2v) is 4.27. The van der Waals surface area contributed by atoms with Gasteiger partial charge in [0.05, 0.1) is 23.1 Å². The van der Waals surface area contributed by atoms with E-state index in [-0.39, 0.29) is 18.2 Å². The molecule has 2 nitrogen and oxygen atoms in total. The number of aliphatic hydroxyl groups excluding tert-OH is 2. The lowest BCUT2D eigenvalue weighted by Crippen LogP contribution is -2.24. The Balaban J connectivity index is 3.42. The topological polar surface area (TPSA) is 40.5 Å². The molecular formula is C11H9ClF6O2. The molecule has 0 spiro atoms. The Kier molecular flexibility index (Phi) is 4.94. The molecule has 0 aliphatic heterocycles. The maximum absolute atomic E-state index is 12.7. The fourth-order valence-electron chi connectivity index (χ4n) is 1.53. The quantitative estimate of drug-likeness (QED) is 0.662. The second-order valence-electron chi connectivity index (χ2n) is 3.96. The van der Waals surface area contributed by atoms with Crippen molar-refractivity contribution in [3.8, 4) is 0 Å². The van der Waals surface area contributed by atoms with Crippen molar-refractivity contribution in [1.29, 1.82) is 0 Å². The van der Waals surface area contributed by atoms with Crippen LogP contribution in [0.25, 0.3) is 0 Å². The largest absolute Gasteiger partial charge is 0.416 e. The molecule has 0 amide bonds. The number of aliphatic hydroxyl groups is 2. The molecule has 9 heteroatoms. The van der Waals surface area contributed by atoms with Crippen molar-refractivity contribution >= 4 is 11.6 Å². The van der Waals surface area contributed by atoms with E-state index in [4.69, 9.17) is 11.6 Å². The number of hydrogen-bond donors (Lipinski definition) is 2. The van der Waals surface area contributed by atoms with E-state index >= 15 is 0 Å². The molecule has 0 fully saturated rings. The normalized spacial score (nSPS) is 16.1. The first-order valence-corrected chi connectivity index (χ1v) is 5.72. The van der Waals surface area contributed by atoms with Gasteiger partial charge < -0.3 is 10.2 Å². The molecule has 20 heavy (non-hydrogen) atoms. The Morgan fingerprint density at radius 1 is 1.00 bits per heavy atom. The van der Waals surface area contributed by atoms with Crippen molar-refractivity contribution in [2.75, 3.05) is 5.88 Å². The van der Waals surface area contributed by atoms with Gasteiger partial charge in [-0.05, 0) is 23.8 Å². The van der Waals surface area contributed by atoms with Crippen molar-refractivity contribution in [2.24, 2.45) is 0 Å². The van der Waals surface area contributed by atoms with Crippen LogP contribution in [0.1, 0.15) is 22.8 Å². The van der Waals surface area contributed by atoms with Crippen molar-refractivity contribution < 1.29 is 36.6 Å². The van der Waals surface area contributed by atoms with Gasteiger partial charge in [-0.3, -0.25) is 0 Å². The molecule has 2 N–H and O–H groups in total. The highest BCUT2D eigenvalue weighted by Crippen LogP contribution is 2.39. The highest BCUT2D eigenvalue weighted by molar-refractivity contribution is 6.18. The third-order valence-electron chi connectivity index (χ3n) is 2.53. The van der Waals surface area contributed by atoms with Crippen LogP contribution >= 0.6 is 11.6 Å². The number of hydrogen-bond acceptors (Lipinski definition) is 2. The first kappa shape index (κ1) is 17.1. The summed E-state index contributed by atoms with van der Waals surface area (Å²) >= 11 is 5.18. The molecule has 2 unspecified atom stereocenters. The number of halogens is 7. The van der Waals surface area contributed by atoms with E-state index in [1.807, 2.05) is 0 Å². The molecule has 1 rings (SSSR count). The van der Waals surface area contributed by atoms with Gasteiger partial charge >= 0.3 is 12.4 Å². The van der Waals surface area contributed by atoms with E-state index in [1.54, 1.807) is 0 Å². The van der Waals surface area contributed by atoms with Crippen LogP contribution in [0.2, 0.25) is 0 Å². The van der Waals surface area contributed by atoms with E-state index < -0.39 is 47.1 Å². The minimum absolute atomic E-state index is 0.156. The first-order chi connectivity index (χ1) is 8.98. The minimum atomic E-state index is -4.97. The predicted molar refractivity (Wildman–Crippen MR) is 58.1 cm³/mol. The lowest BCUT2D eigenvalue weighted by atomic mass is 9.96. The van der Waals surface area contributed by atoms with E-state index in [2.05, 4.69) is 0 Å². The lowest BCUT2D eigenvalue weighted by molar-refractivity contribution is -0.143. The van der Waals surface area contributed by atoms with Crippen molar-refractivity contribution in [1.82, 2.24) is 0 Å². The number of benzene rings is 1. The third-order valence-corrected chi connectivity index (χ3v) is 2.84. The smallest absolute Gasteiger partial charge is 0.389 e. The fourth-order valence-corrected chi connectivity index (χ4v) is 1.70. The Hall–Kier alpha value is -0.990. The molecule has 1 aromatic carbocycles. The van der Waals surface area contributed by atoms with Crippen LogP contribution in [0.4, 0.5) is 26.3 Å². The number of alkyl halides is 7. The van der Waals surface area contributed by atoms with Gasteiger partial charge in [0.25, 0.3) is 0 Å². The van der Waals surface area contributed by atoms with Crippen LogP contribution < -0.4 is 0 Å². The monoisotopic (exact) mass is 322 g/mol. The molecule has 0 saturated carbocycles. The fraction of sp³-hybridized carbons (Fsp3) is 0.455. The summed E-state index contributed by atoms with van der Waals surface area (Å²) in [4.78, 5) is 0. The molecule has 0 aromatic heterocycles. The summed E-state index contributed by atoms with van der Waals surface area (Å²) in [6.45, 7) is 0. The van der Waals surface area contributed by atoms with E-state index in [0.717, 1.165) is 0 Å². The summed E-state index contributed by atoms with van der Waals surface area (Å²) in [5.41, 5.74) is -3.89.